The summed E-state index contributed by atoms with van der Waals surface area (Å²) < 4.78 is 44.8. The predicted octanol–water partition coefficient (Wildman–Crippen LogP) is 3.51. The summed E-state index contributed by atoms with van der Waals surface area (Å²) in [4.78, 5) is 14.2. The number of sulfonamides is 1. The Bertz CT molecular complexity index is 1140. The number of nitrogens with zero attached hydrogens (tertiary/aromatic N) is 3. The molecule has 2 saturated carbocycles. The molecule has 0 N–H and O–H groups in total. The first-order chi connectivity index (χ1) is 14.8. The molecule has 168 valence electrons. The first-order valence-corrected chi connectivity index (χ1v) is 12.9. The van der Waals surface area contributed by atoms with Crippen molar-refractivity contribution < 1.29 is 12.8 Å². The van der Waals surface area contributed by atoms with Crippen LogP contribution in [0.4, 0.5) is 10.1 Å². The summed E-state index contributed by atoms with van der Waals surface area (Å²) in [5.74, 6) is 0.183. The second-order valence-corrected chi connectivity index (χ2v) is 11.7. The van der Waals surface area contributed by atoms with Gasteiger partial charge in [-0.15, -0.1) is 0 Å². The molecule has 2 aliphatic carbocycles. The number of halogens is 1. The summed E-state index contributed by atoms with van der Waals surface area (Å²) in [5, 5.41) is 0.129. The highest BCUT2D eigenvalue weighted by Crippen LogP contribution is 2.38. The number of piperazine rings is 1. The van der Waals surface area contributed by atoms with Crippen LogP contribution in [-0.4, -0.2) is 48.7 Å². The smallest absolute Gasteiger partial charge is 0.217 e. The monoisotopic (exact) mass is 447 g/mol. The van der Waals surface area contributed by atoms with Gasteiger partial charge in [0, 0.05) is 49.9 Å². The largest absolute Gasteiger partial charge is 0.366 e. The minimum absolute atomic E-state index is 0.171. The molecule has 0 radical (unpaired) electrons. The first kappa shape index (κ1) is 20.9. The average Bonchev–Trinajstić information content (AvgIpc) is 3.60. The molecule has 5 rings (SSSR count). The van der Waals surface area contributed by atoms with Gasteiger partial charge in [0.2, 0.25) is 10.0 Å². The number of anilines is 1. The van der Waals surface area contributed by atoms with Crippen LogP contribution in [0, 0.1) is 11.7 Å². The Morgan fingerprint density at radius 3 is 2.29 bits per heavy atom. The highest BCUT2D eigenvalue weighted by molar-refractivity contribution is 7.89. The summed E-state index contributed by atoms with van der Waals surface area (Å²) in [6.07, 6.45) is 7.36. The summed E-state index contributed by atoms with van der Waals surface area (Å²) in [5.41, 5.74) is 1.05. The predicted molar refractivity (Wildman–Crippen MR) is 121 cm³/mol. The fourth-order valence-electron chi connectivity index (χ4n) is 5.11. The van der Waals surface area contributed by atoms with Crippen molar-refractivity contribution in [1.82, 2.24) is 8.87 Å². The molecule has 0 atom stereocenters. The Morgan fingerprint density at radius 1 is 0.968 bits per heavy atom. The van der Waals surface area contributed by atoms with E-state index in [1.165, 1.54) is 12.1 Å². The Morgan fingerprint density at radius 2 is 1.65 bits per heavy atom. The minimum atomic E-state index is -3.31. The molecule has 0 spiro atoms. The minimum Gasteiger partial charge on any atom is -0.366 e. The molecule has 2 heterocycles. The molecular weight excluding hydrogens is 417 g/mol. The van der Waals surface area contributed by atoms with Gasteiger partial charge in [-0.3, -0.25) is 4.79 Å². The Kier molecular flexibility index (Phi) is 5.33. The fourth-order valence-corrected chi connectivity index (χ4v) is 7.08. The van der Waals surface area contributed by atoms with Gasteiger partial charge in [0.1, 0.15) is 5.82 Å². The lowest BCUT2D eigenvalue weighted by atomic mass is 9.91. The van der Waals surface area contributed by atoms with Gasteiger partial charge in [-0.1, -0.05) is 6.92 Å². The highest BCUT2D eigenvalue weighted by Gasteiger charge is 2.36. The summed E-state index contributed by atoms with van der Waals surface area (Å²) >= 11 is 0. The zero-order chi connectivity index (χ0) is 21.8. The second-order valence-electron chi connectivity index (χ2n) is 9.45. The van der Waals surface area contributed by atoms with Crippen molar-refractivity contribution in [1.29, 1.82) is 0 Å². The lowest BCUT2D eigenvalue weighted by Gasteiger charge is -2.38. The molecule has 1 aromatic carbocycles. The fraction of sp³-hybridized carbons (Fsp3) is 0.609. The van der Waals surface area contributed by atoms with Crippen LogP contribution in [0.3, 0.4) is 0 Å². The van der Waals surface area contributed by atoms with E-state index in [-0.39, 0.29) is 10.7 Å². The van der Waals surface area contributed by atoms with Crippen LogP contribution in [0.1, 0.15) is 51.5 Å². The van der Waals surface area contributed by atoms with Crippen LogP contribution in [0.2, 0.25) is 0 Å². The van der Waals surface area contributed by atoms with Crippen molar-refractivity contribution in [3.63, 3.8) is 0 Å². The van der Waals surface area contributed by atoms with Gasteiger partial charge in [0.15, 0.2) is 5.43 Å². The van der Waals surface area contributed by atoms with E-state index in [1.54, 1.807) is 16.6 Å². The summed E-state index contributed by atoms with van der Waals surface area (Å²) in [7, 11) is -3.31. The Labute approximate surface area is 182 Å². The van der Waals surface area contributed by atoms with E-state index >= 15 is 0 Å². The molecular formula is C23H30FN3O3S. The van der Waals surface area contributed by atoms with Gasteiger partial charge in [-0.05, 0) is 56.6 Å². The van der Waals surface area contributed by atoms with Gasteiger partial charge >= 0.3 is 0 Å². The van der Waals surface area contributed by atoms with Crippen LogP contribution < -0.4 is 10.3 Å². The number of hydrogen-bond donors (Lipinski definition) is 0. The van der Waals surface area contributed by atoms with E-state index in [1.807, 2.05) is 4.90 Å². The lowest BCUT2D eigenvalue weighted by Crippen LogP contribution is -2.51. The third kappa shape index (κ3) is 3.89. The quantitative estimate of drug-likeness (QED) is 0.720. The van der Waals surface area contributed by atoms with Crippen molar-refractivity contribution in [2.75, 3.05) is 31.1 Å². The van der Waals surface area contributed by atoms with E-state index in [4.69, 9.17) is 0 Å². The normalized spacial score (nSPS) is 25.8. The molecule has 1 aliphatic heterocycles. The molecule has 8 heteroatoms. The molecule has 3 fully saturated rings. The third-order valence-electron chi connectivity index (χ3n) is 7.26. The van der Waals surface area contributed by atoms with Crippen molar-refractivity contribution in [2.24, 2.45) is 5.92 Å². The summed E-state index contributed by atoms with van der Waals surface area (Å²) in [6.45, 7) is 3.82. The van der Waals surface area contributed by atoms with Gasteiger partial charge in [-0.25, -0.2) is 12.8 Å². The van der Waals surface area contributed by atoms with E-state index in [0.29, 0.717) is 49.2 Å². The zero-order valence-electron chi connectivity index (χ0n) is 18.0. The molecule has 0 amide bonds. The van der Waals surface area contributed by atoms with Crippen LogP contribution >= 0.6 is 0 Å². The molecule has 2 aromatic rings. The van der Waals surface area contributed by atoms with E-state index in [0.717, 1.165) is 44.0 Å². The Balaban J connectivity index is 1.36. The standard InChI is InChI=1S/C23H30FN3O3S/c1-16-2-6-18(7-3-16)31(29,30)26-12-10-25(11-13-26)22-15-21-19(14-20(22)24)23(28)8-9-27(21)17-4-5-17/h8-9,14-18H,2-7,10-13H2,1H3. The molecule has 31 heavy (non-hydrogen) atoms. The van der Waals surface area contributed by atoms with Crippen LogP contribution in [-0.2, 0) is 10.0 Å². The third-order valence-corrected chi connectivity index (χ3v) is 9.66. The van der Waals surface area contributed by atoms with E-state index < -0.39 is 15.8 Å². The van der Waals surface area contributed by atoms with Gasteiger partial charge in [-0.2, -0.15) is 4.31 Å². The number of fused-ring (bicyclic) bond motifs is 1. The number of pyridine rings is 1. The molecule has 0 unspecified atom stereocenters. The second kappa shape index (κ2) is 7.89. The number of aromatic nitrogens is 1. The van der Waals surface area contributed by atoms with Gasteiger partial charge in [0.05, 0.1) is 16.5 Å². The molecule has 6 nitrogen and oxygen atoms in total. The van der Waals surface area contributed by atoms with Crippen molar-refractivity contribution >= 4 is 26.6 Å². The number of benzene rings is 1. The first-order valence-electron chi connectivity index (χ1n) is 11.4. The van der Waals surface area contributed by atoms with Crippen molar-refractivity contribution in [3.8, 4) is 0 Å². The zero-order valence-corrected chi connectivity index (χ0v) is 18.8. The maximum absolute atomic E-state index is 15.0. The molecule has 1 aromatic heterocycles. The van der Waals surface area contributed by atoms with E-state index in [2.05, 4.69) is 11.5 Å². The molecule has 0 bridgehead atoms. The van der Waals surface area contributed by atoms with Crippen LogP contribution in [0.5, 0.6) is 0 Å². The molecule has 3 aliphatic rings. The van der Waals surface area contributed by atoms with Gasteiger partial charge in [0.25, 0.3) is 0 Å². The highest BCUT2D eigenvalue weighted by atomic mass is 32.2. The number of rotatable bonds is 4. The average molecular weight is 448 g/mol. The van der Waals surface area contributed by atoms with Crippen molar-refractivity contribution in [2.45, 2.75) is 56.7 Å². The molecule has 1 saturated heterocycles. The van der Waals surface area contributed by atoms with Crippen molar-refractivity contribution in [3.05, 3.63) is 40.4 Å². The summed E-state index contributed by atoms with van der Waals surface area (Å²) in [6, 6.07) is 5.01. The van der Waals surface area contributed by atoms with Crippen LogP contribution in [0.15, 0.2) is 29.2 Å². The maximum atomic E-state index is 15.0. The maximum Gasteiger partial charge on any atom is 0.217 e. The topological polar surface area (TPSA) is 62.6 Å². The number of hydrogen-bond acceptors (Lipinski definition) is 4. The Hall–Kier alpha value is -1.93. The SMILES string of the molecule is CC1CCC(S(=O)(=O)N2CCN(c3cc4c(cc3F)c(=O)ccn4C3CC3)CC2)CC1. The van der Waals surface area contributed by atoms with E-state index in [9.17, 15) is 17.6 Å². The van der Waals surface area contributed by atoms with Gasteiger partial charge < -0.3 is 9.47 Å². The lowest BCUT2D eigenvalue weighted by molar-refractivity contribution is 0.344. The van der Waals surface area contributed by atoms with Crippen LogP contribution in [0.25, 0.3) is 10.9 Å².